The Morgan fingerprint density at radius 2 is 1.88 bits per heavy atom. The molecule has 0 radical (unpaired) electrons. The van der Waals surface area contributed by atoms with Crippen LogP contribution in [0.2, 0.25) is 5.02 Å². The van der Waals surface area contributed by atoms with Gasteiger partial charge in [0, 0.05) is 34.8 Å². The Hall–Kier alpha value is -4.90. The minimum absolute atomic E-state index is 0.0716. The molecule has 2 N–H and O–H groups in total. The second kappa shape index (κ2) is 12.1. The Balaban J connectivity index is 1.46. The Morgan fingerprint density at radius 3 is 2.59 bits per heavy atom. The number of rotatable bonds is 7. The van der Waals surface area contributed by atoms with Gasteiger partial charge in [0.1, 0.15) is 18.2 Å². The number of hydrogen-bond acceptors (Lipinski definition) is 6. The first kappa shape index (κ1) is 27.7. The molecule has 10 nitrogen and oxygen atoms in total. The molecule has 1 saturated heterocycles. The van der Waals surface area contributed by atoms with Gasteiger partial charge in [-0.3, -0.25) is 9.59 Å². The number of amides is 2. The quantitative estimate of drug-likeness (QED) is 0.309. The molecule has 1 aromatic heterocycles. The van der Waals surface area contributed by atoms with Gasteiger partial charge in [0.2, 0.25) is 11.8 Å². The Kier molecular flexibility index (Phi) is 8.16. The van der Waals surface area contributed by atoms with Crippen molar-refractivity contribution in [1.82, 2.24) is 25.1 Å². The maximum absolute atomic E-state index is 14.2. The fourth-order valence-corrected chi connectivity index (χ4v) is 5.14. The van der Waals surface area contributed by atoms with E-state index in [0.29, 0.717) is 46.9 Å². The van der Waals surface area contributed by atoms with Crippen molar-refractivity contribution in [2.75, 3.05) is 11.9 Å². The summed E-state index contributed by atoms with van der Waals surface area (Å²) in [6.45, 7) is 0.306. The molecule has 2 heterocycles. The number of carbonyl (C=O) groups is 3. The van der Waals surface area contributed by atoms with Crippen LogP contribution in [0.1, 0.15) is 40.2 Å². The average Bonchev–Trinajstić information content (AvgIpc) is 3.50. The Morgan fingerprint density at radius 1 is 1.07 bits per heavy atom. The van der Waals surface area contributed by atoms with E-state index in [1.54, 1.807) is 36.4 Å². The van der Waals surface area contributed by atoms with E-state index in [1.807, 2.05) is 0 Å². The molecule has 2 amide bonds. The molecule has 3 aromatic carbocycles. The number of tetrazole rings is 1. The van der Waals surface area contributed by atoms with Crippen molar-refractivity contribution in [2.45, 2.75) is 24.8 Å². The normalized spacial score (nSPS) is 17.0. The van der Waals surface area contributed by atoms with E-state index in [0.717, 1.165) is 0 Å². The molecule has 0 saturated carbocycles. The first-order valence-electron chi connectivity index (χ1n) is 12.7. The van der Waals surface area contributed by atoms with Gasteiger partial charge in [-0.1, -0.05) is 23.7 Å². The molecule has 1 aliphatic heterocycles. The standard InChI is InChI=1S/C29H24ClFN6O4/c30-21-9-12-25(37-17-32-34-35-37)20(15-21)8-13-26(38)36-14-2-5-24(19-3-1-4-22(31)16-19)27(36)28(39)33-23-10-6-18(7-11-23)29(40)41/h1,3-4,6-13,15-17,24,27H,2,5,14H2,(H,33,39)(H,40,41). The number of anilines is 1. The largest absolute Gasteiger partial charge is 0.478 e. The predicted octanol–water partition coefficient (Wildman–Crippen LogP) is 4.58. The summed E-state index contributed by atoms with van der Waals surface area (Å²) in [7, 11) is 0. The van der Waals surface area contributed by atoms with E-state index in [4.69, 9.17) is 11.6 Å². The van der Waals surface area contributed by atoms with Crippen molar-refractivity contribution in [2.24, 2.45) is 0 Å². The number of likely N-dealkylation sites (tertiary alicyclic amines) is 1. The molecule has 5 rings (SSSR count). The third-order valence-corrected chi connectivity index (χ3v) is 7.08. The summed E-state index contributed by atoms with van der Waals surface area (Å²) >= 11 is 6.20. The van der Waals surface area contributed by atoms with E-state index >= 15 is 0 Å². The Bertz CT molecular complexity index is 1610. The van der Waals surface area contributed by atoms with Crippen LogP contribution in [0.3, 0.4) is 0 Å². The number of nitrogens with one attached hydrogen (secondary N) is 1. The van der Waals surface area contributed by atoms with Gasteiger partial charge in [-0.2, -0.15) is 4.68 Å². The maximum atomic E-state index is 14.2. The number of hydrogen-bond donors (Lipinski definition) is 2. The van der Waals surface area contributed by atoms with Crippen LogP contribution in [0.4, 0.5) is 10.1 Å². The summed E-state index contributed by atoms with van der Waals surface area (Å²) in [6, 6.07) is 15.8. The first-order valence-corrected chi connectivity index (χ1v) is 13.1. The minimum atomic E-state index is -1.09. The summed E-state index contributed by atoms with van der Waals surface area (Å²) in [6.07, 6.45) is 5.52. The lowest BCUT2D eigenvalue weighted by atomic mass is 9.82. The third kappa shape index (κ3) is 6.30. The number of aromatic carboxylic acids is 1. The second-order valence-electron chi connectivity index (χ2n) is 9.44. The van der Waals surface area contributed by atoms with E-state index in [-0.39, 0.29) is 5.56 Å². The van der Waals surface area contributed by atoms with Crippen LogP contribution < -0.4 is 5.32 Å². The zero-order valence-electron chi connectivity index (χ0n) is 21.5. The summed E-state index contributed by atoms with van der Waals surface area (Å²) in [4.78, 5) is 40.0. The lowest BCUT2D eigenvalue weighted by Gasteiger charge is -2.40. The fraction of sp³-hybridized carbons (Fsp3) is 0.172. The number of carbonyl (C=O) groups excluding carboxylic acids is 2. The van der Waals surface area contributed by atoms with Crippen molar-refractivity contribution in [1.29, 1.82) is 0 Å². The first-order chi connectivity index (χ1) is 19.8. The number of halogens is 2. The van der Waals surface area contributed by atoms with Gasteiger partial charge in [-0.25, -0.2) is 9.18 Å². The topological polar surface area (TPSA) is 130 Å². The van der Waals surface area contributed by atoms with Crippen LogP contribution in [0.25, 0.3) is 11.8 Å². The molecule has 0 spiro atoms. The van der Waals surface area contributed by atoms with Crippen molar-refractivity contribution in [3.63, 3.8) is 0 Å². The summed E-state index contributed by atoms with van der Waals surface area (Å²) in [5, 5.41) is 23.6. The van der Waals surface area contributed by atoms with Crippen LogP contribution in [-0.2, 0) is 9.59 Å². The molecule has 0 aliphatic carbocycles. The van der Waals surface area contributed by atoms with Gasteiger partial charge in [-0.15, -0.1) is 5.10 Å². The van der Waals surface area contributed by atoms with Crippen LogP contribution in [0.5, 0.6) is 0 Å². The number of carboxylic acids is 1. The summed E-state index contributed by atoms with van der Waals surface area (Å²) < 4.78 is 15.6. The van der Waals surface area contributed by atoms with E-state index in [9.17, 15) is 23.9 Å². The van der Waals surface area contributed by atoms with Crippen molar-refractivity contribution in [3.8, 4) is 5.69 Å². The van der Waals surface area contributed by atoms with Gasteiger partial charge in [0.05, 0.1) is 11.3 Å². The Labute approximate surface area is 239 Å². The average molecular weight is 575 g/mol. The van der Waals surface area contributed by atoms with Crippen LogP contribution in [-0.4, -0.2) is 60.6 Å². The molecule has 2 unspecified atom stereocenters. The highest BCUT2D eigenvalue weighted by molar-refractivity contribution is 6.30. The predicted molar refractivity (Wildman–Crippen MR) is 149 cm³/mol. The molecule has 2 atom stereocenters. The summed E-state index contributed by atoms with van der Waals surface area (Å²) in [5.41, 5.74) is 2.22. The molecule has 1 fully saturated rings. The smallest absolute Gasteiger partial charge is 0.335 e. The van der Waals surface area contributed by atoms with Crippen LogP contribution >= 0.6 is 11.6 Å². The SMILES string of the molecule is O=C(O)c1ccc(NC(=O)C2C(c3cccc(F)c3)CCCN2C(=O)C=Cc2cc(Cl)ccc2-n2cnnn2)cc1. The monoisotopic (exact) mass is 574 g/mol. The minimum Gasteiger partial charge on any atom is -0.478 e. The second-order valence-corrected chi connectivity index (χ2v) is 9.88. The van der Waals surface area contributed by atoms with Gasteiger partial charge >= 0.3 is 5.97 Å². The lowest BCUT2D eigenvalue weighted by Crippen LogP contribution is -2.53. The molecule has 12 heteroatoms. The van der Waals surface area contributed by atoms with Crippen LogP contribution in [0, 0.1) is 5.82 Å². The molecule has 0 bridgehead atoms. The lowest BCUT2D eigenvalue weighted by molar-refractivity contribution is -0.137. The number of benzene rings is 3. The highest BCUT2D eigenvalue weighted by Gasteiger charge is 2.39. The third-order valence-electron chi connectivity index (χ3n) is 6.85. The maximum Gasteiger partial charge on any atom is 0.335 e. The summed E-state index contributed by atoms with van der Waals surface area (Å²) in [5.74, 6) is -2.90. The zero-order valence-corrected chi connectivity index (χ0v) is 22.3. The van der Waals surface area contributed by atoms with Gasteiger partial charge in [0.15, 0.2) is 0 Å². The van der Waals surface area contributed by atoms with Crippen LogP contribution in [0.15, 0.2) is 79.1 Å². The zero-order chi connectivity index (χ0) is 28.9. The van der Waals surface area contributed by atoms with Crippen molar-refractivity contribution < 1.29 is 23.9 Å². The number of nitrogens with zero attached hydrogens (tertiary/aromatic N) is 5. The molecular formula is C29H24ClFN6O4. The molecule has 41 heavy (non-hydrogen) atoms. The van der Waals surface area contributed by atoms with Crippen molar-refractivity contribution >= 4 is 41.1 Å². The van der Waals surface area contributed by atoms with Gasteiger partial charge in [-0.05, 0) is 89.5 Å². The highest BCUT2D eigenvalue weighted by Crippen LogP contribution is 2.34. The molecule has 208 valence electrons. The van der Waals surface area contributed by atoms with Crippen molar-refractivity contribution in [3.05, 3.63) is 107 Å². The van der Waals surface area contributed by atoms with Gasteiger partial charge in [0.25, 0.3) is 0 Å². The fourth-order valence-electron chi connectivity index (χ4n) is 4.96. The number of carboxylic acid groups (broad SMARTS) is 1. The van der Waals surface area contributed by atoms with E-state index < -0.39 is 35.6 Å². The highest BCUT2D eigenvalue weighted by atomic mass is 35.5. The van der Waals surface area contributed by atoms with Gasteiger partial charge < -0.3 is 15.3 Å². The number of piperidine rings is 1. The molecular weight excluding hydrogens is 551 g/mol. The molecule has 1 aliphatic rings. The number of aromatic nitrogens is 4. The van der Waals surface area contributed by atoms with E-state index in [1.165, 1.54) is 58.4 Å². The van der Waals surface area contributed by atoms with E-state index in [2.05, 4.69) is 20.8 Å². The molecule has 4 aromatic rings.